The van der Waals surface area contributed by atoms with Crippen LogP contribution in [0.2, 0.25) is 0 Å². The summed E-state index contributed by atoms with van der Waals surface area (Å²) in [6.07, 6.45) is -0.685. The molecule has 0 aromatic heterocycles. The first kappa shape index (κ1) is 13.9. The largest absolute Gasteiger partial charge is 0.484 e. The Bertz CT molecular complexity index is 422. The molecule has 0 heterocycles. The van der Waals surface area contributed by atoms with Gasteiger partial charge in [-0.1, -0.05) is 22.0 Å². The summed E-state index contributed by atoms with van der Waals surface area (Å²) in [5.41, 5.74) is 1.44. The predicted octanol–water partition coefficient (Wildman–Crippen LogP) is 2.35. The number of hydrogen-bond acceptors (Lipinski definition) is 4. The minimum absolute atomic E-state index is 0.0238. The van der Waals surface area contributed by atoms with Crippen LogP contribution in [0.3, 0.4) is 0 Å². The highest BCUT2D eigenvalue weighted by atomic mass is 79.9. The quantitative estimate of drug-likeness (QED) is 0.515. The first-order valence-corrected chi connectivity index (χ1v) is 6.20. The average molecular weight is 304 g/mol. The van der Waals surface area contributed by atoms with Crippen LogP contribution < -0.4 is 4.74 Å². The summed E-state index contributed by atoms with van der Waals surface area (Å²) < 4.78 is 5.32. The van der Waals surface area contributed by atoms with E-state index < -0.39 is 11.0 Å². The molecule has 1 N–H and O–H groups in total. The van der Waals surface area contributed by atoms with E-state index in [4.69, 9.17) is 4.74 Å². The molecule has 0 saturated heterocycles. The molecule has 0 bridgehead atoms. The number of hydrogen-bond donors (Lipinski definition) is 1. The minimum Gasteiger partial charge on any atom is -0.484 e. The van der Waals surface area contributed by atoms with Crippen molar-refractivity contribution in [3.05, 3.63) is 33.4 Å². The van der Waals surface area contributed by atoms with Gasteiger partial charge in [0.1, 0.15) is 6.61 Å². The van der Waals surface area contributed by atoms with Crippen LogP contribution in [-0.2, 0) is 0 Å². The maximum absolute atomic E-state index is 10.9. The van der Waals surface area contributed by atoms with Crippen LogP contribution in [0.5, 0.6) is 5.75 Å². The molecule has 1 unspecified atom stereocenters. The van der Waals surface area contributed by atoms with Crippen molar-refractivity contribution >= 4 is 21.6 Å². The van der Waals surface area contributed by atoms with E-state index in [1.807, 2.05) is 6.07 Å². The van der Waals surface area contributed by atoms with Crippen molar-refractivity contribution < 1.29 is 14.8 Å². The molecule has 1 rings (SSSR count). The number of nitrogens with zero attached hydrogens (tertiary/aromatic N) is 1. The van der Waals surface area contributed by atoms with E-state index in [1.165, 1.54) is 6.07 Å². The van der Waals surface area contributed by atoms with Gasteiger partial charge in [-0.3, -0.25) is 10.1 Å². The van der Waals surface area contributed by atoms with Crippen molar-refractivity contribution in [2.75, 3.05) is 11.9 Å². The Balaban J connectivity index is 3.00. The molecule has 0 aliphatic heterocycles. The lowest BCUT2D eigenvalue weighted by Crippen LogP contribution is -2.19. The van der Waals surface area contributed by atoms with Crippen molar-refractivity contribution in [2.45, 2.75) is 20.0 Å². The van der Waals surface area contributed by atoms with E-state index in [2.05, 4.69) is 15.9 Å². The summed E-state index contributed by atoms with van der Waals surface area (Å²) in [6.45, 7) is 3.56. The molecular formula is C11H14BrNO4. The SMILES string of the molecule is Cc1cc(C)c(OCC(O)CBr)c([N+](=O)[O-])c1. The normalized spacial score (nSPS) is 12.2. The highest BCUT2D eigenvalue weighted by Crippen LogP contribution is 2.32. The van der Waals surface area contributed by atoms with Crippen molar-refractivity contribution in [1.29, 1.82) is 0 Å². The van der Waals surface area contributed by atoms with Crippen LogP contribution in [0.1, 0.15) is 11.1 Å². The van der Waals surface area contributed by atoms with Gasteiger partial charge >= 0.3 is 5.69 Å². The Labute approximate surface area is 108 Å². The van der Waals surface area contributed by atoms with Gasteiger partial charge in [0.25, 0.3) is 0 Å². The molecule has 1 aromatic rings. The standard InChI is InChI=1S/C11H14BrNO4/c1-7-3-8(2)11(10(4-7)13(15)16)17-6-9(14)5-12/h3-4,9,14H,5-6H2,1-2H3. The van der Waals surface area contributed by atoms with Crippen LogP contribution in [0.15, 0.2) is 12.1 Å². The molecule has 0 aliphatic rings. The highest BCUT2D eigenvalue weighted by molar-refractivity contribution is 9.09. The van der Waals surface area contributed by atoms with Gasteiger partial charge in [0.05, 0.1) is 11.0 Å². The first-order chi connectivity index (χ1) is 7.95. The van der Waals surface area contributed by atoms with Gasteiger partial charge in [-0.05, 0) is 25.0 Å². The highest BCUT2D eigenvalue weighted by Gasteiger charge is 2.19. The lowest BCUT2D eigenvalue weighted by atomic mass is 10.1. The second-order valence-electron chi connectivity index (χ2n) is 3.81. The van der Waals surface area contributed by atoms with E-state index in [0.717, 1.165) is 5.56 Å². The van der Waals surface area contributed by atoms with Gasteiger partial charge in [-0.2, -0.15) is 0 Å². The van der Waals surface area contributed by atoms with E-state index in [-0.39, 0.29) is 18.0 Å². The molecule has 5 nitrogen and oxygen atoms in total. The van der Waals surface area contributed by atoms with Crippen molar-refractivity contribution in [2.24, 2.45) is 0 Å². The Morgan fingerprint density at radius 2 is 2.18 bits per heavy atom. The maximum Gasteiger partial charge on any atom is 0.311 e. The monoisotopic (exact) mass is 303 g/mol. The third-order valence-electron chi connectivity index (χ3n) is 2.19. The zero-order valence-corrected chi connectivity index (χ0v) is 11.2. The van der Waals surface area contributed by atoms with Crippen LogP contribution in [0.25, 0.3) is 0 Å². The summed E-state index contributed by atoms with van der Waals surface area (Å²) in [5, 5.41) is 20.6. The van der Waals surface area contributed by atoms with E-state index >= 15 is 0 Å². The summed E-state index contributed by atoms with van der Waals surface area (Å²) in [5.74, 6) is 0.223. The van der Waals surface area contributed by atoms with E-state index in [0.29, 0.717) is 10.9 Å². The van der Waals surface area contributed by atoms with Gasteiger partial charge < -0.3 is 9.84 Å². The summed E-state index contributed by atoms with van der Waals surface area (Å²) >= 11 is 3.10. The molecule has 1 aromatic carbocycles. The number of aliphatic hydroxyl groups is 1. The fraction of sp³-hybridized carbons (Fsp3) is 0.455. The molecular weight excluding hydrogens is 290 g/mol. The topological polar surface area (TPSA) is 72.6 Å². The second kappa shape index (κ2) is 5.97. The molecule has 6 heteroatoms. The molecule has 0 spiro atoms. The maximum atomic E-state index is 10.9. The fourth-order valence-corrected chi connectivity index (χ4v) is 1.67. The number of benzene rings is 1. The molecule has 0 fully saturated rings. The predicted molar refractivity (Wildman–Crippen MR) is 67.9 cm³/mol. The van der Waals surface area contributed by atoms with Crippen LogP contribution >= 0.6 is 15.9 Å². The first-order valence-electron chi connectivity index (χ1n) is 5.08. The van der Waals surface area contributed by atoms with E-state index in [9.17, 15) is 15.2 Å². The molecule has 1 atom stereocenters. The number of nitro benzene ring substituents is 1. The van der Waals surface area contributed by atoms with Crippen LogP contribution in [0, 0.1) is 24.0 Å². The van der Waals surface area contributed by atoms with Crippen molar-refractivity contribution in [1.82, 2.24) is 0 Å². The zero-order chi connectivity index (χ0) is 13.0. The number of ether oxygens (including phenoxy) is 1. The molecule has 0 saturated carbocycles. The van der Waals surface area contributed by atoms with Crippen molar-refractivity contribution in [3.63, 3.8) is 0 Å². The Kier molecular flexibility index (Phi) is 4.89. The summed E-state index contributed by atoms with van der Waals surface area (Å²) in [4.78, 5) is 10.4. The lowest BCUT2D eigenvalue weighted by Gasteiger charge is -2.12. The fourth-order valence-electron chi connectivity index (χ4n) is 1.48. The third-order valence-corrected chi connectivity index (χ3v) is 2.94. The van der Waals surface area contributed by atoms with Crippen molar-refractivity contribution in [3.8, 4) is 5.75 Å². The number of halogens is 1. The summed E-state index contributed by atoms with van der Waals surface area (Å²) in [7, 11) is 0. The molecule has 0 radical (unpaired) electrons. The van der Waals surface area contributed by atoms with Gasteiger partial charge in [0, 0.05) is 11.4 Å². The smallest absolute Gasteiger partial charge is 0.311 e. The average Bonchev–Trinajstić information content (AvgIpc) is 2.26. The van der Waals surface area contributed by atoms with Gasteiger partial charge in [-0.25, -0.2) is 0 Å². The molecule has 17 heavy (non-hydrogen) atoms. The Morgan fingerprint density at radius 3 is 2.71 bits per heavy atom. The lowest BCUT2D eigenvalue weighted by molar-refractivity contribution is -0.386. The van der Waals surface area contributed by atoms with Gasteiger partial charge in [-0.15, -0.1) is 0 Å². The Hall–Kier alpha value is -1.14. The molecule has 94 valence electrons. The third kappa shape index (κ3) is 3.67. The molecule has 0 amide bonds. The van der Waals surface area contributed by atoms with Gasteiger partial charge in [0.15, 0.2) is 5.75 Å². The number of nitro groups is 1. The second-order valence-corrected chi connectivity index (χ2v) is 4.45. The number of rotatable bonds is 5. The van der Waals surface area contributed by atoms with Crippen LogP contribution in [0.4, 0.5) is 5.69 Å². The van der Waals surface area contributed by atoms with Crippen LogP contribution in [-0.4, -0.2) is 28.1 Å². The minimum atomic E-state index is -0.685. The summed E-state index contributed by atoms with van der Waals surface area (Å²) in [6, 6.07) is 3.27. The molecule has 0 aliphatic carbocycles. The zero-order valence-electron chi connectivity index (χ0n) is 9.64. The Morgan fingerprint density at radius 1 is 1.53 bits per heavy atom. The van der Waals surface area contributed by atoms with E-state index in [1.54, 1.807) is 13.8 Å². The van der Waals surface area contributed by atoms with Gasteiger partial charge in [0.2, 0.25) is 0 Å². The number of aryl methyl sites for hydroxylation is 2. The number of aliphatic hydroxyl groups excluding tert-OH is 1. The number of alkyl halides is 1.